The van der Waals surface area contributed by atoms with Crippen molar-refractivity contribution in [3.05, 3.63) is 41.5 Å². The van der Waals surface area contributed by atoms with Crippen molar-refractivity contribution < 1.29 is 14.3 Å². The maximum absolute atomic E-state index is 11.3. The molecule has 17 heavy (non-hydrogen) atoms. The fourth-order valence-corrected chi connectivity index (χ4v) is 1.37. The van der Waals surface area contributed by atoms with Gasteiger partial charge in [-0.2, -0.15) is 0 Å². The van der Waals surface area contributed by atoms with Gasteiger partial charge in [0.15, 0.2) is 5.78 Å². The number of ether oxygens (including phenoxy) is 1. The molecule has 90 valence electrons. The van der Waals surface area contributed by atoms with Gasteiger partial charge in [-0.15, -0.1) is 11.6 Å². The number of rotatable bonds is 5. The Kier molecular flexibility index (Phi) is 5.43. The van der Waals surface area contributed by atoms with Gasteiger partial charge in [0, 0.05) is 11.6 Å². The van der Waals surface area contributed by atoms with E-state index in [-0.39, 0.29) is 17.6 Å². The van der Waals surface area contributed by atoms with Crippen LogP contribution in [0.15, 0.2) is 30.3 Å². The van der Waals surface area contributed by atoms with Gasteiger partial charge in [-0.25, -0.2) is 4.79 Å². The molecule has 0 amide bonds. The molecule has 0 spiro atoms. The molecule has 0 aromatic heterocycles. The summed E-state index contributed by atoms with van der Waals surface area (Å²) in [5.41, 5.74) is 1.39. The molecule has 0 unspecified atom stereocenters. The fraction of sp³-hybridized carbons (Fsp3) is 0.231. The number of benzene rings is 1. The van der Waals surface area contributed by atoms with Crippen LogP contribution in [0.25, 0.3) is 6.08 Å². The summed E-state index contributed by atoms with van der Waals surface area (Å²) in [5.74, 6) is -0.529. The molecule has 0 saturated heterocycles. The molecule has 0 aliphatic rings. The Morgan fingerprint density at radius 2 is 1.94 bits per heavy atom. The topological polar surface area (TPSA) is 43.4 Å². The molecule has 0 bridgehead atoms. The number of hydrogen-bond acceptors (Lipinski definition) is 3. The van der Waals surface area contributed by atoms with E-state index < -0.39 is 0 Å². The highest BCUT2D eigenvalue weighted by Gasteiger charge is 2.02. The van der Waals surface area contributed by atoms with Gasteiger partial charge in [-0.05, 0) is 18.6 Å². The van der Waals surface area contributed by atoms with Crippen molar-refractivity contribution in [1.82, 2.24) is 0 Å². The van der Waals surface area contributed by atoms with Crippen LogP contribution < -0.4 is 0 Å². The van der Waals surface area contributed by atoms with E-state index in [1.54, 1.807) is 37.3 Å². The van der Waals surface area contributed by atoms with E-state index in [0.29, 0.717) is 12.2 Å². The van der Waals surface area contributed by atoms with Gasteiger partial charge in [0.1, 0.15) is 0 Å². The minimum atomic E-state index is -0.381. The van der Waals surface area contributed by atoms with Crippen LogP contribution in [0.3, 0.4) is 0 Å². The van der Waals surface area contributed by atoms with E-state index in [4.69, 9.17) is 16.3 Å². The highest BCUT2D eigenvalue weighted by atomic mass is 35.5. The number of halogens is 1. The van der Waals surface area contributed by atoms with Gasteiger partial charge in [-0.3, -0.25) is 4.79 Å². The molecule has 0 fully saturated rings. The molecule has 4 heteroatoms. The first-order chi connectivity index (χ1) is 8.17. The fourth-order valence-electron chi connectivity index (χ4n) is 1.21. The van der Waals surface area contributed by atoms with Crippen LogP contribution >= 0.6 is 11.6 Å². The minimum Gasteiger partial charge on any atom is -0.463 e. The molecular formula is C13H13ClO3. The summed E-state index contributed by atoms with van der Waals surface area (Å²) in [5, 5.41) is 0. The van der Waals surface area contributed by atoms with Gasteiger partial charge >= 0.3 is 5.97 Å². The van der Waals surface area contributed by atoms with Crippen molar-refractivity contribution in [1.29, 1.82) is 0 Å². The number of ketones is 1. The Balaban J connectivity index is 2.68. The average Bonchev–Trinajstić information content (AvgIpc) is 2.36. The van der Waals surface area contributed by atoms with Crippen LogP contribution in [0.1, 0.15) is 22.8 Å². The van der Waals surface area contributed by atoms with Crippen molar-refractivity contribution in [3.8, 4) is 0 Å². The lowest BCUT2D eigenvalue weighted by atomic mass is 10.1. The molecule has 1 aromatic rings. The summed E-state index contributed by atoms with van der Waals surface area (Å²) in [7, 11) is 0. The average molecular weight is 253 g/mol. The molecule has 0 N–H and O–H groups in total. The molecule has 0 atom stereocenters. The molecular weight excluding hydrogens is 240 g/mol. The summed E-state index contributed by atoms with van der Waals surface area (Å²) in [6.45, 7) is 2.10. The minimum absolute atomic E-state index is 0.0298. The quantitative estimate of drug-likeness (QED) is 0.350. The molecule has 0 radical (unpaired) electrons. The summed E-state index contributed by atoms with van der Waals surface area (Å²) in [6, 6.07) is 6.84. The maximum atomic E-state index is 11.3. The number of alkyl halides is 1. The van der Waals surface area contributed by atoms with Gasteiger partial charge < -0.3 is 4.74 Å². The first kappa shape index (κ1) is 13.5. The van der Waals surface area contributed by atoms with E-state index in [0.717, 1.165) is 5.56 Å². The predicted molar refractivity (Wildman–Crippen MR) is 67.2 cm³/mol. The zero-order valence-corrected chi connectivity index (χ0v) is 10.2. The largest absolute Gasteiger partial charge is 0.463 e. The SMILES string of the molecule is CCOC(=O)C=Cc1ccc(C(=O)CCl)cc1. The smallest absolute Gasteiger partial charge is 0.330 e. The third-order valence-electron chi connectivity index (χ3n) is 2.05. The summed E-state index contributed by atoms with van der Waals surface area (Å²) < 4.78 is 4.75. The van der Waals surface area contributed by atoms with Crippen LogP contribution in [0.2, 0.25) is 0 Å². The summed E-state index contributed by atoms with van der Waals surface area (Å²) >= 11 is 5.44. The number of esters is 1. The molecule has 3 nitrogen and oxygen atoms in total. The third kappa shape index (κ3) is 4.41. The second-order valence-electron chi connectivity index (χ2n) is 3.26. The Hall–Kier alpha value is -1.61. The van der Waals surface area contributed by atoms with Crippen LogP contribution in [0, 0.1) is 0 Å². The van der Waals surface area contributed by atoms with Crippen molar-refractivity contribution >= 4 is 29.4 Å². The molecule has 1 rings (SSSR count). The van der Waals surface area contributed by atoms with Crippen molar-refractivity contribution in [2.24, 2.45) is 0 Å². The summed E-state index contributed by atoms with van der Waals surface area (Å²) in [4.78, 5) is 22.3. The highest BCUT2D eigenvalue weighted by Crippen LogP contribution is 2.07. The number of carbonyl (C=O) groups is 2. The zero-order chi connectivity index (χ0) is 12.7. The maximum Gasteiger partial charge on any atom is 0.330 e. The third-order valence-corrected chi connectivity index (χ3v) is 2.30. The Bertz CT molecular complexity index is 421. The van der Waals surface area contributed by atoms with Crippen molar-refractivity contribution in [2.75, 3.05) is 12.5 Å². The molecule has 0 aliphatic heterocycles. The first-order valence-corrected chi connectivity index (χ1v) is 5.75. The van der Waals surface area contributed by atoms with Crippen LogP contribution in [-0.2, 0) is 9.53 Å². The van der Waals surface area contributed by atoms with Crippen LogP contribution in [0.4, 0.5) is 0 Å². The molecule has 0 saturated carbocycles. The monoisotopic (exact) mass is 252 g/mol. The van der Waals surface area contributed by atoms with Gasteiger partial charge in [0.2, 0.25) is 0 Å². The Morgan fingerprint density at radius 3 is 2.47 bits per heavy atom. The van der Waals surface area contributed by atoms with Gasteiger partial charge in [0.25, 0.3) is 0 Å². The van der Waals surface area contributed by atoms with Gasteiger partial charge in [-0.1, -0.05) is 24.3 Å². The zero-order valence-electron chi connectivity index (χ0n) is 9.48. The molecule has 0 heterocycles. The lowest BCUT2D eigenvalue weighted by Crippen LogP contribution is -2.00. The standard InChI is InChI=1S/C13H13ClO3/c1-2-17-13(16)8-5-10-3-6-11(7-4-10)12(15)9-14/h3-8H,2,9H2,1H3. The second-order valence-corrected chi connectivity index (χ2v) is 3.53. The second kappa shape index (κ2) is 6.86. The Morgan fingerprint density at radius 1 is 1.29 bits per heavy atom. The van der Waals surface area contributed by atoms with Crippen molar-refractivity contribution in [3.63, 3.8) is 0 Å². The summed E-state index contributed by atoms with van der Waals surface area (Å²) in [6.07, 6.45) is 2.98. The van der Waals surface area contributed by atoms with E-state index in [1.165, 1.54) is 6.08 Å². The predicted octanol–water partition coefficient (Wildman–Crippen LogP) is 2.68. The number of hydrogen-bond donors (Lipinski definition) is 0. The van der Waals surface area contributed by atoms with Crippen LogP contribution in [-0.4, -0.2) is 24.2 Å². The Labute approximate surface area is 105 Å². The van der Waals surface area contributed by atoms with Crippen molar-refractivity contribution in [2.45, 2.75) is 6.92 Å². The van der Waals surface area contributed by atoms with E-state index in [2.05, 4.69) is 0 Å². The first-order valence-electron chi connectivity index (χ1n) is 5.21. The van der Waals surface area contributed by atoms with E-state index in [1.807, 2.05) is 0 Å². The lowest BCUT2D eigenvalue weighted by molar-refractivity contribution is -0.137. The molecule has 0 aliphatic carbocycles. The van der Waals surface area contributed by atoms with Gasteiger partial charge in [0.05, 0.1) is 12.5 Å². The normalized spacial score (nSPS) is 10.5. The van der Waals surface area contributed by atoms with E-state index in [9.17, 15) is 9.59 Å². The number of carbonyl (C=O) groups excluding carboxylic acids is 2. The number of Topliss-reactive ketones (excluding diaryl/α,β-unsaturated/α-hetero) is 1. The van der Waals surface area contributed by atoms with E-state index >= 15 is 0 Å². The lowest BCUT2D eigenvalue weighted by Gasteiger charge is -1.98. The van der Waals surface area contributed by atoms with Crippen LogP contribution in [0.5, 0.6) is 0 Å². The highest BCUT2D eigenvalue weighted by molar-refractivity contribution is 6.30. The molecule has 1 aromatic carbocycles.